The SMILES string of the molecule is CC(C)N(CCCC(=O)O)C(c1cccs1)C1CC1. The molecule has 1 aliphatic carbocycles. The van der Waals surface area contributed by atoms with Gasteiger partial charge in [0.1, 0.15) is 0 Å². The number of thiophene rings is 1. The zero-order chi connectivity index (χ0) is 13.8. The number of carboxylic acids is 1. The van der Waals surface area contributed by atoms with Crippen LogP contribution in [0.4, 0.5) is 0 Å². The Hall–Kier alpha value is -0.870. The van der Waals surface area contributed by atoms with E-state index in [1.807, 2.05) is 11.3 Å². The maximum atomic E-state index is 10.7. The van der Waals surface area contributed by atoms with Crippen molar-refractivity contribution in [3.63, 3.8) is 0 Å². The van der Waals surface area contributed by atoms with Crippen molar-refractivity contribution in [3.8, 4) is 0 Å². The van der Waals surface area contributed by atoms with Gasteiger partial charge >= 0.3 is 5.97 Å². The fraction of sp³-hybridized carbons (Fsp3) is 0.667. The van der Waals surface area contributed by atoms with Crippen LogP contribution in [-0.4, -0.2) is 28.6 Å². The molecule has 1 fully saturated rings. The van der Waals surface area contributed by atoms with Crippen molar-refractivity contribution in [2.45, 2.75) is 51.6 Å². The lowest BCUT2D eigenvalue weighted by molar-refractivity contribution is -0.137. The molecule has 0 radical (unpaired) electrons. The summed E-state index contributed by atoms with van der Waals surface area (Å²) >= 11 is 1.83. The van der Waals surface area contributed by atoms with Gasteiger partial charge in [0.15, 0.2) is 0 Å². The number of carboxylic acid groups (broad SMARTS) is 1. The minimum Gasteiger partial charge on any atom is -0.481 e. The van der Waals surface area contributed by atoms with Gasteiger partial charge in [0.25, 0.3) is 0 Å². The summed E-state index contributed by atoms with van der Waals surface area (Å²) in [5.74, 6) is 0.0775. The number of hydrogen-bond donors (Lipinski definition) is 1. The molecule has 0 aromatic carbocycles. The third kappa shape index (κ3) is 4.05. The number of rotatable bonds is 8. The maximum absolute atomic E-state index is 10.7. The summed E-state index contributed by atoms with van der Waals surface area (Å²) in [5.41, 5.74) is 0. The summed E-state index contributed by atoms with van der Waals surface area (Å²) in [4.78, 5) is 14.6. The molecule has 1 saturated carbocycles. The predicted molar refractivity (Wildman–Crippen MR) is 78.5 cm³/mol. The molecule has 4 heteroatoms. The van der Waals surface area contributed by atoms with Crippen LogP contribution in [-0.2, 0) is 4.79 Å². The average molecular weight is 281 g/mol. The Morgan fingerprint density at radius 2 is 2.26 bits per heavy atom. The van der Waals surface area contributed by atoms with Gasteiger partial charge in [-0.25, -0.2) is 0 Å². The monoisotopic (exact) mass is 281 g/mol. The first-order valence-corrected chi connectivity index (χ1v) is 7.98. The van der Waals surface area contributed by atoms with Gasteiger partial charge in [-0.05, 0) is 57.0 Å². The molecule has 19 heavy (non-hydrogen) atoms. The van der Waals surface area contributed by atoms with Crippen LogP contribution in [0.5, 0.6) is 0 Å². The molecule has 1 atom stereocenters. The van der Waals surface area contributed by atoms with Gasteiger partial charge in [0.05, 0.1) is 0 Å². The van der Waals surface area contributed by atoms with E-state index in [-0.39, 0.29) is 6.42 Å². The smallest absolute Gasteiger partial charge is 0.303 e. The van der Waals surface area contributed by atoms with Crippen molar-refractivity contribution < 1.29 is 9.90 Å². The molecule has 1 aromatic heterocycles. The highest BCUT2D eigenvalue weighted by atomic mass is 32.1. The van der Waals surface area contributed by atoms with E-state index in [1.54, 1.807) is 0 Å². The van der Waals surface area contributed by atoms with E-state index in [0.717, 1.165) is 18.9 Å². The van der Waals surface area contributed by atoms with E-state index in [9.17, 15) is 4.79 Å². The molecule has 0 spiro atoms. The van der Waals surface area contributed by atoms with Gasteiger partial charge in [-0.1, -0.05) is 6.07 Å². The molecule has 0 bridgehead atoms. The fourth-order valence-corrected chi connectivity index (χ4v) is 3.61. The van der Waals surface area contributed by atoms with Crippen molar-refractivity contribution in [3.05, 3.63) is 22.4 Å². The predicted octanol–water partition coefficient (Wildman–Crippen LogP) is 3.77. The summed E-state index contributed by atoms with van der Waals surface area (Å²) < 4.78 is 0. The summed E-state index contributed by atoms with van der Waals surface area (Å²) in [6.07, 6.45) is 3.63. The summed E-state index contributed by atoms with van der Waals surface area (Å²) in [5, 5.41) is 10.9. The van der Waals surface area contributed by atoms with Gasteiger partial charge in [0.2, 0.25) is 0 Å². The molecule has 2 rings (SSSR count). The second-order valence-corrected chi connectivity index (χ2v) is 6.61. The van der Waals surface area contributed by atoms with E-state index >= 15 is 0 Å². The number of carbonyl (C=O) groups is 1. The standard InChI is InChI=1S/C15H23NO2S/c1-11(2)16(9-3-6-14(17)18)15(12-7-8-12)13-5-4-10-19-13/h4-5,10-12,15H,3,6-9H2,1-2H3,(H,17,18). The van der Waals surface area contributed by atoms with Crippen LogP contribution < -0.4 is 0 Å². The van der Waals surface area contributed by atoms with Crippen LogP contribution >= 0.6 is 11.3 Å². The van der Waals surface area contributed by atoms with Gasteiger partial charge in [-0.2, -0.15) is 0 Å². The lowest BCUT2D eigenvalue weighted by Crippen LogP contribution is -2.36. The minimum atomic E-state index is -0.692. The van der Waals surface area contributed by atoms with Crippen LogP contribution in [0.25, 0.3) is 0 Å². The normalized spacial score (nSPS) is 17.1. The largest absolute Gasteiger partial charge is 0.481 e. The Labute approximate surface area is 119 Å². The van der Waals surface area contributed by atoms with Crippen molar-refractivity contribution >= 4 is 17.3 Å². The zero-order valence-corrected chi connectivity index (χ0v) is 12.5. The van der Waals surface area contributed by atoms with Crippen molar-refractivity contribution in [2.75, 3.05) is 6.54 Å². The van der Waals surface area contributed by atoms with Gasteiger partial charge < -0.3 is 5.11 Å². The van der Waals surface area contributed by atoms with E-state index in [4.69, 9.17) is 5.11 Å². The number of aliphatic carboxylic acids is 1. The fourth-order valence-electron chi connectivity index (χ4n) is 2.67. The first kappa shape index (κ1) is 14.5. The van der Waals surface area contributed by atoms with E-state index in [1.165, 1.54) is 17.7 Å². The minimum absolute atomic E-state index is 0.269. The van der Waals surface area contributed by atoms with Crippen LogP contribution in [0.1, 0.15) is 50.4 Å². The lowest BCUT2D eigenvalue weighted by atomic mass is 10.1. The lowest BCUT2D eigenvalue weighted by Gasteiger charge is -2.34. The molecular formula is C15H23NO2S. The Morgan fingerprint density at radius 1 is 1.53 bits per heavy atom. The first-order valence-electron chi connectivity index (χ1n) is 7.10. The van der Waals surface area contributed by atoms with Crippen molar-refractivity contribution in [1.82, 2.24) is 4.90 Å². The van der Waals surface area contributed by atoms with Crippen molar-refractivity contribution in [2.24, 2.45) is 5.92 Å². The van der Waals surface area contributed by atoms with Gasteiger partial charge in [0, 0.05) is 23.4 Å². The highest BCUT2D eigenvalue weighted by Gasteiger charge is 2.37. The number of nitrogens with zero attached hydrogens (tertiary/aromatic N) is 1. The molecule has 3 nitrogen and oxygen atoms in total. The second-order valence-electron chi connectivity index (χ2n) is 5.63. The Morgan fingerprint density at radius 3 is 2.74 bits per heavy atom. The molecule has 106 valence electrons. The third-order valence-corrected chi connectivity index (χ3v) is 4.67. The zero-order valence-electron chi connectivity index (χ0n) is 11.7. The van der Waals surface area contributed by atoms with E-state index in [2.05, 4.69) is 36.3 Å². The quantitative estimate of drug-likeness (QED) is 0.788. The average Bonchev–Trinajstić information content (AvgIpc) is 3.02. The summed E-state index contributed by atoms with van der Waals surface area (Å²) in [6, 6.07) is 5.29. The third-order valence-electron chi connectivity index (χ3n) is 3.73. The van der Waals surface area contributed by atoms with Gasteiger partial charge in [-0.3, -0.25) is 9.69 Å². The molecule has 1 heterocycles. The highest BCUT2D eigenvalue weighted by Crippen LogP contribution is 2.46. The molecule has 0 saturated heterocycles. The van der Waals surface area contributed by atoms with Crippen LogP contribution in [0, 0.1) is 5.92 Å². The first-order chi connectivity index (χ1) is 9.09. The maximum Gasteiger partial charge on any atom is 0.303 e. The Balaban J connectivity index is 2.04. The van der Waals surface area contributed by atoms with Gasteiger partial charge in [-0.15, -0.1) is 11.3 Å². The summed E-state index contributed by atoms with van der Waals surface area (Å²) in [6.45, 7) is 5.30. The van der Waals surface area contributed by atoms with Crippen LogP contribution in [0.3, 0.4) is 0 Å². The van der Waals surface area contributed by atoms with Crippen LogP contribution in [0.2, 0.25) is 0 Å². The molecule has 1 aliphatic rings. The molecule has 1 unspecified atom stereocenters. The topological polar surface area (TPSA) is 40.5 Å². The molecule has 1 N–H and O–H groups in total. The molecule has 1 aromatic rings. The summed E-state index contributed by atoms with van der Waals surface area (Å²) in [7, 11) is 0. The Bertz CT molecular complexity index is 398. The van der Waals surface area contributed by atoms with Crippen molar-refractivity contribution in [1.29, 1.82) is 0 Å². The molecule has 0 amide bonds. The molecular weight excluding hydrogens is 258 g/mol. The van der Waals surface area contributed by atoms with E-state index < -0.39 is 5.97 Å². The highest BCUT2D eigenvalue weighted by molar-refractivity contribution is 7.10. The van der Waals surface area contributed by atoms with Crippen LogP contribution in [0.15, 0.2) is 17.5 Å². The van der Waals surface area contributed by atoms with E-state index in [0.29, 0.717) is 12.1 Å². The molecule has 0 aliphatic heterocycles. The number of hydrogen-bond acceptors (Lipinski definition) is 3. The second kappa shape index (κ2) is 6.53. The Kier molecular flexibility index (Phi) is 4.99.